The molecule has 4 rings (SSSR count). The summed E-state index contributed by atoms with van der Waals surface area (Å²) < 4.78 is 24.0. The van der Waals surface area contributed by atoms with Crippen LogP contribution in [0.15, 0.2) is 36.4 Å². The van der Waals surface area contributed by atoms with Crippen molar-refractivity contribution in [2.24, 2.45) is 0 Å². The molecular formula is C18H20FN3O2. The van der Waals surface area contributed by atoms with Gasteiger partial charge in [-0.25, -0.2) is 4.39 Å². The summed E-state index contributed by atoms with van der Waals surface area (Å²) in [5.41, 5.74) is 8.57. The summed E-state index contributed by atoms with van der Waals surface area (Å²) in [6.45, 7) is 4.80. The van der Waals surface area contributed by atoms with E-state index in [1.165, 1.54) is 17.7 Å². The van der Waals surface area contributed by atoms with Gasteiger partial charge in [-0.3, -0.25) is 4.90 Å². The van der Waals surface area contributed by atoms with Gasteiger partial charge in [0.25, 0.3) is 0 Å². The van der Waals surface area contributed by atoms with Crippen LogP contribution in [0.5, 0.6) is 11.5 Å². The van der Waals surface area contributed by atoms with Gasteiger partial charge in [-0.1, -0.05) is 6.07 Å². The van der Waals surface area contributed by atoms with E-state index in [4.69, 9.17) is 15.2 Å². The van der Waals surface area contributed by atoms with Crippen molar-refractivity contribution in [1.82, 2.24) is 4.90 Å². The molecule has 126 valence electrons. The summed E-state index contributed by atoms with van der Waals surface area (Å²) >= 11 is 0. The van der Waals surface area contributed by atoms with Crippen molar-refractivity contribution in [2.45, 2.75) is 6.54 Å². The van der Waals surface area contributed by atoms with Gasteiger partial charge in [-0.2, -0.15) is 0 Å². The molecule has 6 heteroatoms. The Labute approximate surface area is 140 Å². The van der Waals surface area contributed by atoms with Crippen LogP contribution in [0.1, 0.15) is 5.56 Å². The van der Waals surface area contributed by atoms with E-state index in [0.717, 1.165) is 49.9 Å². The number of ether oxygens (including phenoxy) is 2. The van der Waals surface area contributed by atoms with Crippen LogP contribution in [0, 0.1) is 5.82 Å². The molecule has 0 bridgehead atoms. The van der Waals surface area contributed by atoms with Gasteiger partial charge in [0.15, 0.2) is 11.5 Å². The molecule has 2 heterocycles. The summed E-state index contributed by atoms with van der Waals surface area (Å²) in [6.07, 6.45) is 0. The first-order valence-electron chi connectivity index (χ1n) is 8.10. The van der Waals surface area contributed by atoms with E-state index >= 15 is 0 Å². The second-order valence-electron chi connectivity index (χ2n) is 6.15. The molecule has 0 aromatic heterocycles. The SMILES string of the molecule is Nc1cc(F)ccc1N1CCN(Cc2ccc3c(c2)OCO3)CC1. The molecule has 0 amide bonds. The van der Waals surface area contributed by atoms with Crippen molar-refractivity contribution < 1.29 is 13.9 Å². The van der Waals surface area contributed by atoms with Crippen molar-refractivity contribution in [2.75, 3.05) is 43.6 Å². The predicted octanol–water partition coefficient (Wildman–Crippen LogP) is 2.46. The standard InChI is InChI=1S/C18H20FN3O2/c19-14-2-3-16(15(20)10-14)22-7-5-21(6-8-22)11-13-1-4-17-18(9-13)24-12-23-17/h1-4,9-10H,5-8,11-12,20H2. The molecule has 0 atom stereocenters. The Balaban J connectivity index is 1.37. The zero-order valence-corrected chi connectivity index (χ0v) is 13.4. The summed E-state index contributed by atoms with van der Waals surface area (Å²) in [6, 6.07) is 10.7. The first-order chi connectivity index (χ1) is 11.7. The number of piperazine rings is 1. The average molecular weight is 329 g/mol. The zero-order chi connectivity index (χ0) is 16.5. The molecule has 0 radical (unpaired) electrons. The van der Waals surface area contributed by atoms with Gasteiger partial charge in [0.05, 0.1) is 11.4 Å². The second-order valence-corrected chi connectivity index (χ2v) is 6.15. The van der Waals surface area contributed by atoms with Gasteiger partial charge in [0.2, 0.25) is 6.79 Å². The van der Waals surface area contributed by atoms with Crippen molar-refractivity contribution in [3.05, 3.63) is 47.8 Å². The first-order valence-corrected chi connectivity index (χ1v) is 8.10. The van der Waals surface area contributed by atoms with Crippen LogP contribution in [0.25, 0.3) is 0 Å². The Hall–Kier alpha value is -2.47. The Kier molecular flexibility index (Phi) is 3.90. The lowest BCUT2D eigenvalue weighted by Gasteiger charge is -2.36. The maximum Gasteiger partial charge on any atom is 0.231 e. The average Bonchev–Trinajstić information content (AvgIpc) is 3.04. The highest BCUT2D eigenvalue weighted by Gasteiger charge is 2.20. The first kappa shape index (κ1) is 15.1. The molecule has 2 aromatic carbocycles. The van der Waals surface area contributed by atoms with E-state index in [1.54, 1.807) is 6.07 Å². The fourth-order valence-electron chi connectivity index (χ4n) is 3.26. The monoisotopic (exact) mass is 329 g/mol. The van der Waals surface area contributed by atoms with Crippen LogP contribution in [-0.4, -0.2) is 37.9 Å². The minimum absolute atomic E-state index is 0.294. The van der Waals surface area contributed by atoms with Crippen LogP contribution < -0.4 is 20.1 Å². The van der Waals surface area contributed by atoms with E-state index in [2.05, 4.69) is 15.9 Å². The minimum atomic E-state index is -0.294. The number of hydrogen-bond acceptors (Lipinski definition) is 5. The Bertz CT molecular complexity index is 745. The number of halogens is 1. The summed E-state index contributed by atoms with van der Waals surface area (Å²) in [5, 5.41) is 0. The number of nitrogens with two attached hydrogens (primary N) is 1. The van der Waals surface area contributed by atoms with E-state index < -0.39 is 0 Å². The number of anilines is 2. The third kappa shape index (κ3) is 2.97. The van der Waals surface area contributed by atoms with Crippen LogP contribution in [0.4, 0.5) is 15.8 Å². The van der Waals surface area contributed by atoms with E-state index in [1.807, 2.05) is 12.1 Å². The van der Waals surface area contributed by atoms with Crippen molar-refractivity contribution in [3.63, 3.8) is 0 Å². The largest absolute Gasteiger partial charge is 0.454 e. The topological polar surface area (TPSA) is 51.0 Å². The molecule has 0 aliphatic carbocycles. The number of nitrogens with zero attached hydrogens (tertiary/aromatic N) is 2. The van der Waals surface area contributed by atoms with E-state index in [0.29, 0.717) is 12.5 Å². The fourth-order valence-corrected chi connectivity index (χ4v) is 3.26. The second kappa shape index (κ2) is 6.20. The highest BCUT2D eigenvalue weighted by molar-refractivity contribution is 5.67. The normalized spacial score (nSPS) is 17.3. The van der Waals surface area contributed by atoms with Gasteiger partial charge >= 0.3 is 0 Å². The number of hydrogen-bond donors (Lipinski definition) is 1. The molecule has 0 spiro atoms. The van der Waals surface area contributed by atoms with Crippen LogP contribution in [0.2, 0.25) is 0 Å². The highest BCUT2D eigenvalue weighted by Crippen LogP contribution is 2.33. The van der Waals surface area contributed by atoms with Gasteiger partial charge in [-0.15, -0.1) is 0 Å². The van der Waals surface area contributed by atoms with Crippen LogP contribution in [0.3, 0.4) is 0 Å². The van der Waals surface area contributed by atoms with Gasteiger partial charge in [0.1, 0.15) is 5.82 Å². The third-order valence-electron chi connectivity index (χ3n) is 4.55. The molecular weight excluding hydrogens is 309 g/mol. The van der Waals surface area contributed by atoms with Gasteiger partial charge in [0, 0.05) is 32.7 Å². The molecule has 2 aliphatic heterocycles. The van der Waals surface area contributed by atoms with Crippen LogP contribution >= 0.6 is 0 Å². The van der Waals surface area contributed by atoms with Gasteiger partial charge in [-0.05, 0) is 35.9 Å². The summed E-state index contributed by atoms with van der Waals surface area (Å²) in [5.74, 6) is 1.35. The quantitative estimate of drug-likeness (QED) is 0.877. The molecule has 2 N–H and O–H groups in total. The number of fused-ring (bicyclic) bond motifs is 1. The molecule has 5 nitrogen and oxygen atoms in total. The molecule has 1 fully saturated rings. The Morgan fingerprint density at radius 3 is 2.54 bits per heavy atom. The van der Waals surface area contributed by atoms with Crippen LogP contribution in [-0.2, 0) is 6.54 Å². The smallest absolute Gasteiger partial charge is 0.231 e. The predicted molar refractivity (Wildman–Crippen MR) is 90.9 cm³/mol. The number of nitrogen functional groups attached to an aromatic ring is 1. The number of benzene rings is 2. The summed E-state index contributed by atoms with van der Waals surface area (Å²) in [4.78, 5) is 4.61. The minimum Gasteiger partial charge on any atom is -0.454 e. The van der Waals surface area contributed by atoms with E-state index in [9.17, 15) is 4.39 Å². The Morgan fingerprint density at radius 1 is 0.958 bits per heavy atom. The molecule has 2 aliphatic rings. The lowest BCUT2D eigenvalue weighted by molar-refractivity contribution is 0.174. The molecule has 24 heavy (non-hydrogen) atoms. The maximum atomic E-state index is 13.2. The maximum absolute atomic E-state index is 13.2. The number of rotatable bonds is 3. The van der Waals surface area contributed by atoms with Crippen molar-refractivity contribution in [3.8, 4) is 11.5 Å². The Morgan fingerprint density at radius 2 is 1.75 bits per heavy atom. The summed E-state index contributed by atoms with van der Waals surface area (Å²) in [7, 11) is 0. The van der Waals surface area contributed by atoms with Gasteiger partial charge < -0.3 is 20.1 Å². The third-order valence-corrected chi connectivity index (χ3v) is 4.55. The van der Waals surface area contributed by atoms with Crippen molar-refractivity contribution >= 4 is 11.4 Å². The van der Waals surface area contributed by atoms with E-state index in [-0.39, 0.29) is 5.82 Å². The fraction of sp³-hybridized carbons (Fsp3) is 0.333. The molecule has 2 aromatic rings. The highest BCUT2D eigenvalue weighted by atomic mass is 19.1. The molecule has 0 saturated carbocycles. The zero-order valence-electron chi connectivity index (χ0n) is 13.4. The lowest BCUT2D eigenvalue weighted by atomic mass is 10.1. The molecule has 1 saturated heterocycles. The molecule has 0 unspecified atom stereocenters. The van der Waals surface area contributed by atoms with Crippen molar-refractivity contribution in [1.29, 1.82) is 0 Å². The lowest BCUT2D eigenvalue weighted by Crippen LogP contribution is -2.46.